The number of hydrogen-bond donors (Lipinski definition) is 3. The van der Waals surface area contributed by atoms with Crippen LogP contribution in [0.3, 0.4) is 0 Å². The van der Waals surface area contributed by atoms with Crippen molar-refractivity contribution in [1.29, 1.82) is 0 Å². The van der Waals surface area contributed by atoms with Gasteiger partial charge in [-0.2, -0.15) is 4.98 Å². The summed E-state index contributed by atoms with van der Waals surface area (Å²) in [5, 5.41) is 19.7. The normalized spacial score (nSPS) is 13.8. The van der Waals surface area contributed by atoms with E-state index in [4.69, 9.17) is 4.74 Å². The number of hydrogen-bond acceptors (Lipinski definition) is 7. The van der Waals surface area contributed by atoms with Crippen LogP contribution in [0.25, 0.3) is 16.8 Å². The molecule has 3 heterocycles. The molecule has 0 aliphatic carbocycles. The largest absolute Gasteiger partial charge is 0.478 e. The number of nitrogens with one attached hydrogen (secondary N) is 2. The third-order valence-corrected chi connectivity index (χ3v) is 6.21. The second-order valence-corrected chi connectivity index (χ2v) is 9.41. The van der Waals surface area contributed by atoms with Crippen molar-refractivity contribution in [3.8, 4) is 16.9 Å². The predicted octanol–water partition coefficient (Wildman–Crippen LogP) is 2.86. The van der Waals surface area contributed by atoms with Gasteiger partial charge in [-0.25, -0.2) is 4.52 Å². The fourth-order valence-electron chi connectivity index (χ4n) is 4.16. The average Bonchev–Trinajstić information content (AvgIpc) is 3.29. The molecule has 2 aromatic carbocycles. The lowest BCUT2D eigenvalue weighted by atomic mass is 10.1. The molecule has 0 radical (unpaired) electrons. The minimum absolute atomic E-state index is 0.0963. The number of nitrogens with zero attached hydrogens (tertiary/aromatic N) is 4. The first-order valence-electron chi connectivity index (χ1n) is 11.9. The number of likely N-dealkylation sites (tertiary alicyclic amines) is 1. The number of ether oxygens (including phenoxy) is 1. The Kier molecular flexibility index (Phi) is 6.26. The van der Waals surface area contributed by atoms with E-state index in [1.165, 1.54) is 0 Å². The quantitative estimate of drug-likeness (QED) is 0.357. The molecule has 1 fully saturated rings. The minimum Gasteiger partial charge on any atom is -0.478 e. The first-order valence-corrected chi connectivity index (χ1v) is 11.9. The maximum atomic E-state index is 12.4. The smallest absolute Gasteiger partial charge is 0.263 e. The predicted molar refractivity (Wildman–Crippen MR) is 139 cm³/mol. The molecule has 10 heteroatoms. The molecule has 2 aromatic heterocycles. The zero-order valence-electron chi connectivity index (χ0n) is 20.8. The lowest BCUT2D eigenvalue weighted by molar-refractivity contribution is -0.133. The van der Waals surface area contributed by atoms with Crippen molar-refractivity contribution in [2.45, 2.75) is 25.6 Å². The number of aromatic nitrogens is 3. The Labute approximate surface area is 213 Å². The van der Waals surface area contributed by atoms with Gasteiger partial charge < -0.3 is 25.4 Å². The van der Waals surface area contributed by atoms with Crippen molar-refractivity contribution in [3.05, 3.63) is 72.4 Å². The molecule has 0 unspecified atom stereocenters. The highest BCUT2D eigenvalue weighted by molar-refractivity contribution is 5.95. The number of benzene rings is 2. The molecule has 4 aromatic rings. The van der Waals surface area contributed by atoms with Gasteiger partial charge in [0.05, 0.1) is 6.10 Å². The maximum absolute atomic E-state index is 12.4. The van der Waals surface area contributed by atoms with Crippen molar-refractivity contribution >= 4 is 29.1 Å². The molecule has 0 bridgehead atoms. The molecule has 0 saturated carbocycles. The molecule has 10 nitrogen and oxygen atoms in total. The van der Waals surface area contributed by atoms with Crippen LogP contribution in [0.5, 0.6) is 5.75 Å². The highest BCUT2D eigenvalue weighted by Gasteiger charge is 2.30. The second kappa shape index (κ2) is 9.55. The highest BCUT2D eigenvalue weighted by atomic mass is 16.5. The van der Waals surface area contributed by atoms with Gasteiger partial charge in [0.2, 0.25) is 5.95 Å². The zero-order chi connectivity index (χ0) is 26.2. The number of fused-ring (bicyclic) bond motifs is 1. The number of carbonyl (C=O) groups excluding carboxylic acids is 2. The van der Waals surface area contributed by atoms with Crippen LogP contribution in [0.1, 0.15) is 24.2 Å². The summed E-state index contributed by atoms with van der Waals surface area (Å²) in [5.74, 6) is 0.702. The number of likely N-dealkylation sites (N-methyl/N-ethyl adjacent to an activating group) is 1. The molecule has 5 rings (SSSR count). The van der Waals surface area contributed by atoms with Crippen molar-refractivity contribution < 1.29 is 19.4 Å². The number of rotatable bonds is 7. The number of pyridine rings is 1. The minimum atomic E-state index is -0.993. The Morgan fingerprint density at radius 3 is 2.41 bits per heavy atom. The van der Waals surface area contributed by atoms with Gasteiger partial charge in [-0.1, -0.05) is 12.1 Å². The molecule has 1 aliphatic rings. The molecule has 2 amide bonds. The Bertz CT molecular complexity index is 1440. The first-order chi connectivity index (χ1) is 17.7. The standard InChI is InChI=1S/C27H28N6O4/c1-27(2,25(36)28-3)37-21-12-8-17(9-13-21)22-5-4-14-33-23(22)30-26(31-33)29-19-10-6-18(7-11-19)24(35)32-15-20(34)16-32/h4-14,20,34H,15-16H2,1-3H3,(H,28,36)(H,29,31). The summed E-state index contributed by atoms with van der Waals surface area (Å²) in [6, 6.07) is 18.4. The fraction of sp³-hybridized carbons (Fsp3) is 0.259. The van der Waals surface area contributed by atoms with Gasteiger partial charge in [0, 0.05) is 43.1 Å². The van der Waals surface area contributed by atoms with Gasteiger partial charge in [0.1, 0.15) is 5.75 Å². The van der Waals surface area contributed by atoms with E-state index in [1.807, 2.05) is 42.6 Å². The summed E-state index contributed by atoms with van der Waals surface area (Å²) in [7, 11) is 1.58. The van der Waals surface area contributed by atoms with E-state index in [2.05, 4.69) is 20.7 Å². The Morgan fingerprint density at radius 1 is 1.05 bits per heavy atom. The van der Waals surface area contributed by atoms with Crippen LogP contribution in [0.2, 0.25) is 0 Å². The second-order valence-electron chi connectivity index (χ2n) is 9.41. The highest BCUT2D eigenvalue weighted by Crippen LogP contribution is 2.28. The summed E-state index contributed by atoms with van der Waals surface area (Å²) < 4.78 is 7.56. The monoisotopic (exact) mass is 500 g/mol. The molecule has 0 spiro atoms. The van der Waals surface area contributed by atoms with E-state index in [9.17, 15) is 14.7 Å². The summed E-state index contributed by atoms with van der Waals surface area (Å²) in [4.78, 5) is 30.7. The number of aliphatic hydroxyl groups is 1. The Hall–Kier alpha value is -4.44. The van der Waals surface area contributed by atoms with E-state index in [-0.39, 0.29) is 11.8 Å². The average molecular weight is 501 g/mol. The molecular weight excluding hydrogens is 472 g/mol. The van der Waals surface area contributed by atoms with Gasteiger partial charge in [-0.3, -0.25) is 9.59 Å². The van der Waals surface area contributed by atoms with Gasteiger partial charge >= 0.3 is 0 Å². The van der Waals surface area contributed by atoms with Crippen LogP contribution in [0.4, 0.5) is 11.6 Å². The number of anilines is 2. The SMILES string of the molecule is CNC(=O)C(C)(C)Oc1ccc(-c2cccn3nc(Nc4ccc(C(=O)N5CC(O)C5)cc4)nc23)cc1. The van der Waals surface area contributed by atoms with Gasteiger partial charge in [-0.05, 0) is 67.9 Å². The van der Waals surface area contributed by atoms with Gasteiger partial charge in [0.15, 0.2) is 11.2 Å². The lowest BCUT2D eigenvalue weighted by Crippen LogP contribution is -2.53. The van der Waals surface area contributed by atoms with Crippen LogP contribution in [0, 0.1) is 0 Å². The van der Waals surface area contributed by atoms with Crippen LogP contribution in [-0.2, 0) is 4.79 Å². The number of carbonyl (C=O) groups is 2. The van der Waals surface area contributed by atoms with Crippen LogP contribution in [-0.4, -0.2) is 68.3 Å². The molecular formula is C27H28N6O4. The Morgan fingerprint density at radius 2 is 1.76 bits per heavy atom. The van der Waals surface area contributed by atoms with E-state index in [0.29, 0.717) is 36.0 Å². The number of amides is 2. The van der Waals surface area contributed by atoms with E-state index in [0.717, 1.165) is 16.8 Å². The van der Waals surface area contributed by atoms with Crippen LogP contribution < -0.4 is 15.4 Å². The lowest BCUT2D eigenvalue weighted by Gasteiger charge is -2.35. The third kappa shape index (κ3) is 4.96. The van der Waals surface area contributed by atoms with Crippen molar-refractivity contribution in [2.75, 3.05) is 25.5 Å². The van der Waals surface area contributed by atoms with Gasteiger partial charge in [0.25, 0.3) is 11.8 Å². The van der Waals surface area contributed by atoms with Crippen LogP contribution in [0.15, 0.2) is 66.9 Å². The number of β-amino-alcohol motifs (C(OH)–C–C–N with tert-alkyl or cyclic N) is 1. The van der Waals surface area contributed by atoms with Crippen molar-refractivity contribution in [3.63, 3.8) is 0 Å². The molecule has 1 saturated heterocycles. The number of aliphatic hydroxyl groups excluding tert-OH is 1. The molecule has 190 valence electrons. The summed E-state index contributed by atoms with van der Waals surface area (Å²) in [5.41, 5.74) is 2.80. The maximum Gasteiger partial charge on any atom is 0.263 e. The molecule has 37 heavy (non-hydrogen) atoms. The molecule has 0 atom stereocenters. The summed E-state index contributed by atoms with van der Waals surface area (Å²) in [6.45, 7) is 4.18. The van der Waals surface area contributed by atoms with Gasteiger partial charge in [-0.15, -0.1) is 5.10 Å². The first kappa shape index (κ1) is 24.3. The zero-order valence-corrected chi connectivity index (χ0v) is 20.8. The van der Waals surface area contributed by atoms with E-state index >= 15 is 0 Å². The van der Waals surface area contributed by atoms with Crippen LogP contribution >= 0.6 is 0 Å². The van der Waals surface area contributed by atoms with Crippen molar-refractivity contribution in [2.24, 2.45) is 0 Å². The topological polar surface area (TPSA) is 121 Å². The third-order valence-electron chi connectivity index (χ3n) is 6.21. The summed E-state index contributed by atoms with van der Waals surface area (Å²) in [6.07, 6.45) is 1.40. The van der Waals surface area contributed by atoms with Crippen molar-refractivity contribution in [1.82, 2.24) is 24.8 Å². The molecule has 1 aliphatic heterocycles. The fourth-order valence-corrected chi connectivity index (χ4v) is 4.16. The molecule has 3 N–H and O–H groups in total. The van der Waals surface area contributed by atoms with E-state index < -0.39 is 11.7 Å². The Balaban J connectivity index is 1.32. The van der Waals surface area contributed by atoms with E-state index in [1.54, 1.807) is 54.6 Å². The summed E-state index contributed by atoms with van der Waals surface area (Å²) >= 11 is 0.